The van der Waals surface area contributed by atoms with Crippen LogP contribution in [0.5, 0.6) is 5.75 Å². The Bertz CT molecular complexity index is 672. The van der Waals surface area contributed by atoms with E-state index in [4.69, 9.17) is 19.3 Å². The predicted octanol–water partition coefficient (Wildman–Crippen LogP) is -1.34. The van der Waals surface area contributed by atoms with Crippen molar-refractivity contribution in [2.75, 3.05) is 0 Å². The highest BCUT2D eigenvalue weighted by Gasteiger charge is 2.48. The molecular formula is C15H16O10. The number of hydrogen-bond donors (Lipinski definition) is 4. The third kappa shape index (κ3) is 4.12. The van der Waals surface area contributed by atoms with E-state index in [1.807, 2.05) is 0 Å². The first kappa shape index (κ1) is 18.8. The molecule has 1 aliphatic heterocycles. The average molecular weight is 356 g/mol. The summed E-state index contributed by atoms with van der Waals surface area (Å²) in [5, 5.41) is 38.0. The highest BCUT2D eigenvalue weighted by atomic mass is 16.7. The molecule has 4 N–H and O–H groups in total. The quantitative estimate of drug-likeness (QED) is 0.375. The number of para-hydroxylation sites is 1. The molecule has 5 atom stereocenters. The third-order valence-electron chi connectivity index (χ3n) is 3.40. The van der Waals surface area contributed by atoms with E-state index < -0.39 is 48.6 Å². The zero-order valence-corrected chi connectivity index (χ0v) is 12.9. The van der Waals surface area contributed by atoms with Crippen LogP contribution in [0.15, 0.2) is 24.3 Å². The molecule has 1 heterocycles. The molecule has 10 heteroatoms. The molecule has 0 radical (unpaired) electrons. The number of aliphatic carboxylic acids is 1. The summed E-state index contributed by atoms with van der Waals surface area (Å²) in [4.78, 5) is 34.3. The van der Waals surface area contributed by atoms with Crippen LogP contribution in [0.3, 0.4) is 0 Å². The summed E-state index contributed by atoms with van der Waals surface area (Å²) in [6, 6.07) is 5.56. The minimum atomic E-state index is -1.91. The van der Waals surface area contributed by atoms with Gasteiger partial charge in [-0.05, 0) is 12.1 Å². The fraction of sp³-hybridized carbons (Fsp3) is 0.400. The number of esters is 2. The van der Waals surface area contributed by atoms with Gasteiger partial charge in [-0.15, -0.1) is 0 Å². The molecule has 25 heavy (non-hydrogen) atoms. The number of carbonyl (C=O) groups excluding carboxylic acids is 2. The zero-order valence-electron chi connectivity index (χ0n) is 12.9. The van der Waals surface area contributed by atoms with E-state index >= 15 is 0 Å². The average Bonchev–Trinajstić information content (AvgIpc) is 2.54. The normalized spacial score (nSPS) is 28.9. The Hall–Kier alpha value is -2.53. The van der Waals surface area contributed by atoms with Gasteiger partial charge in [0.05, 0.1) is 0 Å². The van der Waals surface area contributed by atoms with Crippen molar-refractivity contribution in [3.05, 3.63) is 29.8 Å². The van der Waals surface area contributed by atoms with Crippen LogP contribution in [0, 0.1) is 0 Å². The molecule has 0 saturated carbocycles. The van der Waals surface area contributed by atoms with Gasteiger partial charge in [0.1, 0.15) is 29.6 Å². The maximum absolute atomic E-state index is 12.2. The molecule has 1 saturated heterocycles. The monoisotopic (exact) mass is 356 g/mol. The van der Waals surface area contributed by atoms with E-state index in [0.29, 0.717) is 0 Å². The molecule has 1 aromatic rings. The Morgan fingerprint density at radius 3 is 2.28 bits per heavy atom. The lowest BCUT2D eigenvalue weighted by atomic mass is 9.99. The number of carboxylic acids is 1. The van der Waals surface area contributed by atoms with Crippen LogP contribution in [-0.4, -0.2) is 69.0 Å². The summed E-state index contributed by atoms with van der Waals surface area (Å²) in [6.45, 7) is 1.13. The predicted molar refractivity (Wildman–Crippen MR) is 77.5 cm³/mol. The molecule has 1 fully saturated rings. The second-order valence-electron chi connectivity index (χ2n) is 5.23. The molecule has 0 bridgehead atoms. The standard InChI is InChI=1S/C15H16O10/c1-6(16)23-8-5-3-2-4-7(8)14(22)25-15-11(19)9(17)10(18)12(24-15)13(20)21/h2-5,9-12,15,17-19H,1H3,(H,20,21)/t9-,10-,11-,12?,15-/m0/s1. The molecule has 0 spiro atoms. The van der Waals surface area contributed by atoms with Crippen molar-refractivity contribution in [3.63, 3.8) is 0 Å². The van der Waals surface area contributed by atoms with Crippen LogP contribution >= 0.6 is 0 Å². The summed E-state index contributed by atoms with van der Waals surface area (Å²) in [5.74, 6) is -3.49. The number of aliphatic hydroxyl groups excluding tert-OH is 3. The van der Waals surface area contributed by atoms with Gasteiger partial charge in [0.2, 0.25) is 6.29 Å². The topological polar surface area (TPSA) is 160 Å². The summed E-state index contributed by atoms with van der Waals surface area (Å²) in [7, 11) is 0. The number of ether oxygens (including phenoxy) is 3. The lowest BCUT2D eigenvalue weighted by Crippen LogP contribution is -2.60. The SMILES string of the molecule is CC(=O)Oc1ccccc1C(=O)O[C@@H]1OC(C(=O)O)[C@@H](O)[C@H](O)[C@@H]1O. The summed E-state index contributed by atoms with van der Waals surface area (Å²) < 4.78 is 14.6. The van der Waals surface area contributed by atoms with Crippen LogP contribution < -0.4 is 4.74 Å². The highest BCUT2D eigenvalue weighted by molar-refractivity contribution is 5.93. The Morgan fingerprint density at radius 2 is 1.68 bits per heavy atom. The van der Waals surface area contributed by atoms with Crippen molar-refractivity contribution in [2.45, 2.75) is 37.6 Å². The smallest absolute Gasteiger partial charge is 0.344 e. The number of benzene rings is 1. The summed E-state index contributed by atoms with van der Waals surface area (Å²) >= 11 is 0. The lowest BCUT2D eigenvalue weighted by molar-refractivity contribution is -0.278. The number of aliphatic hydroxyl groups is 3. The second-order valence-corrected chi connectivity index (χ2v) is 5.23. The van der Waals surface area contributed by atoms with E-state index in [9.17, 15) is 29.7 Å². The Morgan fingerprint density at radius 1 is 1.04 bits per heavy atom. The largest absolute Gasteiger partial charge is 0.479 e. The summed E-state index contributed by atoms with van der Waals surface area (Å²) in [6.07, 6.45) is -9.44. The number of rotatable bonds is 4. The molecule has 1 unspecified atom stereocenters. The zero-order chi connectivity index (χ0) is 18.7. The first-order valence-electron chi connectivity index (χ1n) is 7.13. The number of carbonyl (C=O) groups is 3. The molecule has 2 rings (SSSR count). The molecule has 136 valence electrons. The van der Waals surface area contributed by atoms with Crippen molar-refractivity contribution in [2.24, 2.45) is 0 Å². The van der Waals surface area contributed by atoms with Crippen molar-refractivity contribution in [1.82, 2.24) is 0 Å². The van der Waals surface area contributed by atoms with Crippen LogP contribution in [-0.2, 0) is 19.1 Å². The number of hydrogen-bond acceptors (Lipinski definition) is 9. The van der Waals surface area contributed by atoms with E-state index in [1.165, 1.54) is 24.3 Å². The fourth-order valence-corrected chi connectivity index (χ4v) is 2.20. The van der Waals surface area contributed by atoms with Crippen LogP contribution in [0.4, 0.5) is 0 Å². The van der Waals surface area contributed by atoms with Gasteiger partial charge < -0.3 is 34.6 Å². The van der Waals surface area contributed by atoms with E-state index in [0.717, 1.165) is 6.92 Å². The first-order chi connectivity index (χ1) is 11.7. The van der Waals surface area contributed by atoms with E-state index in [1.54, 1.807) is 0 Å². The van der Waals surface area contributed by atoms with Crippen LogP contribution in [0.25, 0.3) is 0 Å². The highest BCUT2D eigenvalue weighted by Crippen LogP contribution is 2.25. The maximum Gasteiger partial charge on any atom is 0.344 e. The van der Waals surface area contributed by atoms with E-state index in [-0.39, 0.29) is 11.3 Å². The minimum Gasteiger partial charge on any atom is -0.479 e. The van der Waals surface area contributed by atoms with Gasteiger partial charge in [0.15, 0.2) is 6.10 Å². The Kier molecular flexibility index (Phi) is 5.69. The van der Waals surface area contributed by atoms with Gasteiger partial charge in [-0.3, -0.25) is 4.79 Å². The molecule has 0 aliphatic carbocycles. The van der Waals surface area contributed by atoms with Crippen molar-refractivity contribution in [1.29, 1.82) is 0 Å². The molecule has 10 nitrogen and oxygen atoms in total. The van der Waals surface area contributed by atoms with Crippen molar-refractivity contribution >= 4 is 17.9 Å². The van der Waals surface area contributed by atoms with Crippen LogP contribution in [0.2, 0.25) is 0 Å². The van der Waals surface area contributed by atoms with Crippen LogP contribution in [0.1, 0.15) is 17.3 Å². The number of carboxylic acid groups (broad SMARTS) is 1. The summed E-state index contributed by atoms with van der Waals surface area (Å²) in [5.41, 5.74) is -0.180. The van der Waals surface area contributed by atoms with Crippen molar-refractivity contribution in [3.8, 4) is 5.75 Å². The Balaban J connectivity index is 2.19. The van der Waals surface area contributed by atoms with Gasteiger partial charge in [-0.25, -0.2) is 9.59 Å². The van der Waals surface area contributed by atoms with Gasteiger partial charge >= 0.3 is 17.9 Å². The molecular weight excluding hydrogens is 340 g/mol. The maximum atomic E-state index is 12.2. The molecule has 1 aliphatic rings. The van der Waals surface area contributed by atoms with Gasteiger partial charge in [0, 0.05) is 6.92 Å². The minimum absolute atomic E-state index is 0.110. The van der Waals surface area contributed by atoms with Gasteiger partial charge in [-0.1, -0.05) is 12.1 Å². The fourth-order valence-electron chi connectivity index (χ4n) is 2.20. The van der Waals surface area contributed by atoms with E-state index in [2.05, 4.69) is 0 Å². The Labute approximate surface area is 141 Å². The molecule has 1 aromatic carbocycles. The van der Waals surface area contributed by atoms with Gasteiger partial charge in [0.25, 0.3) is 0 Å². The lowest BCUT2D eigenvalue weighted by Gasteiger charge is -2.37. The van der Waals surface area contributed by atoms with Crippen molar-refractivity contribution < 1.29 is 49.0 Å². The third-order valence-corrected chi connectivity index (χ3v) is 3.40. The van der Waals surface area contributed by atoms with Gasteiger partial charge in [-0.2, -0.15) is 0 Å². The first-order valence-corrected chi connectivity index (χ1v) is 7.13. The molecule has 0 aromatic heterocycles. The molecule has 0 amide bonds. The second kappa shape index (κ2) is 7.57.